The van der Waals surface area contributed by atoms with E-state index in [2.05, 4.69) is 16.2 Å². The van der Waals surface area contributed by atoms with Crippen LogP contribution in [-0.4, -0.2) is 25.2 Å². The molecule has 16 heavy (non-hydrogen) atoms. The van der Waals surface area contributed by atoms with Gasteiger partial charge in [0.05, 0.1) is 7.11 Å². The van der Waals surface area contributed by atoms with Gasteiger partial charge in [-0.1, -0.05) is 6.07 Å². The van der Waals surface area contributed by atoms with Crippen molar-refractivity contribution in [1.82, 2.24) is 10.3 Å². The van der Waals surface area contributed by atoms with Crippen LogP contribution >= 0.6 is 0 Å². The summed E-state index contributed by atoms with van der Waals surface area (Å²) >= 11 is 0. The summed E-state index contributed by atoms with van der Waals surface area (Å²) in [6.07, 6.45) is 9.83. The van der Waals surface area contributed by atoms with Gasteiger partial charge < -0.3 is 10.1 Å². The van der Waals surface area contributed by atoms with Crippen LogP contribution in [0.1, 0.15) is 18.4 Å². The number of nitrogens with one attached hydrogen (secondary N) is 1. The highest BCUT2D eigenvalue weighted by Crippen LogP contribution is 2.10. The van der Waals surface area contributed by atoms with Gasteiger partial charge >= 0.3 is 0 Å². The number of pyridine rings is 1. The molecule has 86 valence electrons. The molecule has 1 heterocycles. The lowest BCUT2D eigenvalue weighted by atomic mass is 10.0. The van der Waals surface area contributed by atoms with Crippen molar-refractivity contribution < 1.29 is 4.74 Å². The Morgan fingerprint density at radius 2 is 2.38 bits per heavy atom. The summed E-state index contributed by atoms with van der Waals surface area (Å²) < 4.78 is 5.01. The molecule has 1 atom stereocenters. The molecule has 0 spiro atoms. The van der Waals surface area contributed by atoms with Crippen LogP contribution in [0.5, 0.6) is 5.88 Å². The highest BCUT2D eigenvalue weighted by atomic mass is 16.5. The van der Waals surface area contributed by atoms with E-state index < -0.39 is 0 Å². The predicted octanol–water partition coefficient (Wildman–Crippen LogP) is 1.63. The molecular weight excluding hydrogens is 200 g/mol. The molecule has 0 aromatic carbocycles. The molecule has 0 amide bonds. The van der Waals surface area contributed by atoms with Gasteiger partial charge in [-0.2, -0.15) is 0 Å². The number of terminal acetylenes is 1. The Morgan fingerprint density at radius 3 is 2.88 bits per heavy atom. The minimum Gasteiger partial charge on any atom is -0.481 e. The van der Waals surface area contributed by atoms with Gasteiger partial charge in [0, 0.05) is 24.7 Å². The Labute approximate surface area is 97.2 Å². The summed E-state index contributed by atoms with van der Waals surface area (Å²) in [5, 5.41) is 3.26. The SMILES string of the molecule is C#CCCC(Cc1ccc(OC)nc1)NC. The molecular formula is C13H18N2O. The van der Waals surface area contributed by atoms with E-state index in [1.807, 2.05) is 25.4 Å². The Bertz CT molecular complexity index is 340. The fourth-order valence-corrected chi connectivity index (χ4v) is 1.54. The highest BCUT2D eigenvalue weighted by molar-refractivity contribution is 5.18. The smallest absolute Gasteiger partial charge is 0.212 e. The molecule has 3 nitrogen and oxygen atoms in total. The Kier molecular flexibility index (Phi) is 5.38. The fraction of sp³-hybridized carbons (Fsp3) is 0.462. The van der Waals surface area contributed by atoms with E-state index in [9.17, 15) is 0 Å². The van der Waals surface area contributed by atoms with Crippen molar-refractivity contribution in [2.45, 2.75) is 25.3 Å². The predicted molar refractivity (Wildman–Crippen MR) is 65.4 cm³/mol. The summed E-state index contributed by atoms with van der Waals surface area (Å²) in [6.45, 7) is 0. The zero-order valence-corrected chi connectivity index (χ0v) is 9.86. The van der Waals surface area contributed by atoms with Crippen molar-refractivity contribution in [3.63, 3.8) is 0 Å². The normalized spacial score (nSPS) is 11.8. The number of aromatic nitrogens is 1. The van der Waals surface area contributed by atoms with Gasteiger partial charge in [0.15, 0.2) is 0 Å². The fourth-order valence-electron chi connectivity index (χ4n) is 1.54. The average Bonchev–Trinajstić information content (AvgIpc) is 2.35. The maximum atomic E-state index is 5.26. The molecule has 3 heteroatoms. The molecule has 0 fully saturated rings. The van der Waals surface area contributed by atoms with E-state index in [-0.39, 0.29) is 0 Å². The van der Waals surface area contributed by atoms with E-state index in [0.717, 1.165) is 19.3 Å². The third kappa shape index (κ3) is 3.92. The van der Waals surface area contributed by atoms with Crippen LogP contribution in [0, 0.1) is 12.3 Å². The van der Waals surface area contributed by atoms with E-state index in [4.69, 9.17) is 11.2 Å². The molecule has 0 saturated heterocycles. The van der Waals surface area contributed by atoms with Gasteiger partial charge in [0.2, 0.25) is 5.88 Å². The highest BCUT2D eigenvalue weighted by Gasteiger charge is 2.06. The summed E-state index contributed by atoms with van der Waals surface area (Å²) in [6, 6.07) is 4.32. The number of rotatable bonds is 6. The zero-order valence-electron chi connectivity index (χ0n) is 9.86. The number of ether oxygens (including phenoxy) is 1. The molecule has 1 aromatic heterocycles. The quantitative estimate of drug-likeness (QED) is 0.737. The Morgan fingerprint density at radius 1 is 1.56 bits per heavy atom. The molecule has 1 unspecified atom stereocenters. The van der Waals surface area contributed by atoms with Crippen LogP contribution in [0.15, 0.2) is 18.3 Å². The monoisotopic (exact) mass is 218 g/mol. The van der Waals surface area contributed by atoms with Crippen molar-refractivity contribution in [2.24, 2.45) is 0 Å². The summed E-state index contributed by atoms with van der Waals surface area (Å²) in [4.78, 5) is 4.17. The second kappa shape index (κ2) is 6.86. The first-order valence-corrected chi connectivity index (χ1v) is 5.39. The second-order valence-corrected chi connectivity index (χ2v) is 3.64. The number of hydrogen-bond acceptors (Lipinski definition) is 3. The lowest BCUT2D eigenvalue weighted by molar-refractivity contribution is 0.397. The second-order valence-electron chi connectivity index (χ2n) is 3.64. The minimum atomic E-state index is 0.409. The lowest BCUT2D eigenvalue weighted by Gasteiger charge is -2.14. The van der Waals surface area contributed by atoms with Crippen LogP contribution in [-0.2, 0) is 6.42 Å². The Hall–Kier alpha value is -1.53. The topological polar surface area (TPSA) is 34.1 Å². The molecule has 0 radical (unpaired) electrons. The largest absolute Gasteiger partial charge is 0.481 e. The molecule has 0 bridgehead atoms. The van der Waals surface area contributed by atoms with Crippen LogP contribution < -0.4 is 10.1 Å². The van der Waals surface area contributed by atoms with Gasteiger partial charge in [-0.15, -0.1) is 12.3 Å². The first kappa shape index (κ1) is 12.5. The van der Waals surface area contributed by atoms with Crippen molar-refractivity contribution in [2.75, 3.05) is 14.2 Å². The summed E-state index contributed by atoms with van der Waals surface area (Å²) in [5.41, 5.74) is 1.19. The van der Waals surface area contributed by atoms with E-state index >= 15 is 0 Å². The first-order chi connectivity index (χ1) is 7.80. The molecule has 0 saturated carbocycles. The van der Waals surface area contributed by atoms with Crippen LogP contribution in [0.4, 0.5) is 0 Å². The molecule has 0 aliphatic carbocycles. The molecule has 0 aliphatic rings. The van der Waals surface area contributed by atoms with Crippen LogP contribution in [0.25, 0.3) is 0 Å². The molecule has 1 N–H and O–H groups in total. The van der Waals surface area contributed by atoms with E-state index in [0.29, 0.717) is 11.9 Å². The van der Waals surface area contributed by atoms with Crippen LogP contribution in [0.2, 0.25) is 0 Å². The molecule has 1 aromatic rings. The third-order valence-electron chi connectivity index (χ3n) is 2.53. The number of methoxy groups -OCH3 is 1. The minimum absolute atomic E-state index is 0.409. The summed E-state index contributed by atoms with van der Waals surface area (Å²) in [7, 11) is 3.57. The van der Waals surface area contributed by atoms with Crippen molar-refractivity contribution in [1.29, 1.82) is 0 Å². The number of nitrogens with zero attached hydrogens (tertiary/aromatic N) is 1. The Balaban J connectivity index is 2.53. The van der Waals surface area contributed by atoms with E-state index in [1.54, 1.807) is 7.11 Å². The van der Waals surface area contributed by atoms with Gasteiger partial charge in [-0.25, -0.2) is 4.98 Å². The van der Waals surface area contributed by atoms with Crippen molar-refractivity contribution >= 4 is 0 Å². The maximum Gasteiger partial charge on any atom is 0.212 e. The zero-order chi connectivity index (χ0) is 11.8. The van der Waals surface area contributed by atoms with Gasteiger partial charge in [-0.3, -0.25) is 0 Å². The van der Waals surface area contributed by atoms with E-state index in [1.165, 1.54) is 5.56 Å². The molecule has 0 aliphatic heterocycles. The van der Waals surface area contributed by atoms with Gasteiger partial charge in [0.1, 0.15) is 0 Å². The van der Waals surface area contributed by atoms with Gasteiger partial charge in [-0.05, 0) is 25.5 Å². The summed E-state index contributed by atoms with van der Waals surface area (Å²) in [5.74, 6) is 3.31. The number of hydrogen-bond donors (Lipinski definition) is 1. The molecule has 1 rings (SSSR count). The first-order valence-electron chi connectivity index (χ1n) is 5.39. The van der Waals surface area contributed by atoms with Crippen LogP contribution in [0.3, 0.4) is 0 Å². The lowest BCUT2D eigenvalue weighted by Crippen LogP contribution is -2.27. The van der Waals surface area contributed by atoms with Crippen molar-refractivity contribution in [3.05, 3.63) is 23.9 Å². The van der Waals surface area contributed by atoms with Crippen molar-refractivity contribution in [3.8, 4) is 18.2 Å². The maximum absolute atomic E-state index is 5.26. The standard InChI is InChI=1S/C13H18N2O/c1-4-5-6-12(14-2)9-11-7-8-13(16-3)15-10-11/h1,7-8,10,12,14H,5-6,9H2,2-3H3. The third-order valence-corrected chi connectivity index (χ3v) is 2.53. The van der Waals surface area contributed by atoms with Gasteiger partial charge in [0.25, 0.3) is 0 Å². The number of likely N-dealkylation sites (N-methyl/N-ethyl adjacent to an activating group) is 1. The average molecular weight is 218 g/mol.